The second kappa shape index (κ2) is 18.9. The molecule has 0 bridgehead atoms. The number of hydrogen-bond donors (Lipinski definition) is 3. The number of nitrogens with zero attached hydrogens (tertiary/aromatic N) is 1. The van der Waals surface area contributed by atoms with Crippen molar-refractivity contribution in [3.8, 4) is 5.75 Å². The molecule has 0 aliphatic carbocycles. The van der Waals surface area contributed by atoms with Crippen molar-refractivity contribution in [3.63, 3.8) is 0 Å². The Kier molecular flexibility index (Phi) is 15.3. The molecule has 0 heterocycles. The van der Waals surface area contributed by atoms with E-state index in [2.05, 4.69) is 24.5 Å². The van der Waals surface area contributed by atoms with Crippen LogP contribution in [0.15, 0.2) is 72.8 Å². The summed E-state index contributed by atoms with van der Waals surface area (Å²) in [4.78, 5) is 58.9. The van der Waals surface area contributed by atoms with Crippen LogP contribution in [0.5, 0.6) is 5.75 Å². The maximum Gasteiger partial charge on any atom is 0.408 e. The highest BCUT2D eigenvalue weighted by Crippen LogP contribution is 2.30. The standard InChI is InChI=1S/C44H61N3O7/c1-28(2)17-18-31(5)47(40(50)36(46-42(52)54-44(9,10)11)26-33-19-21-35(48)22-20-33)38(34-24-29(3)23-30(4)25-34)39(49)45-37(41(51)53-43(6,7)8)27-32-15-13-12-14-16-32/h12-16,19-25,28,31,36-38,48H,17-18,26-27H2,1-11H3,(H,45,49)(H,46,52). The highest BCUT2D eigenvalue weighted by molar-refractivity contribution is 5.94. The van der Waals surface area contributed by atoms with Gasteiger partial charge in [0.15, 0.2) is 0 Å². The van der Waals surface area contributed by atoms with E-state index in [0.29, 0.717) is 23.5 Å². The van der Waals surface area contributed by atoms with Gasteiger partial charge in [-0.1, -0.05) is 85.6 Å². The van der Waals surface area contributed by atoms with Gasteiger partial charge in [-0.3, -0.25) is 9.59 Å². The van der Waals surface area contributed by atoms with E-state index < -0.39 is 59.2 Å². The molecule has 0 saturated heterocycles. The summed E-state index contributed by atoms with van der Waals surface area (Å²) in [5.74, 6) is -1.28. The number of amides is 3. The highest BCUT2D eigenvalue weighted by Gasteiger charge is 2.41. The Morgan fingerprint density at radius 3 is 1.78 bits per heavy atom. The van der Waals surface area contributed by atoms with Crippen molar-refractivity contribution in [2.24, 2.45) is 5.92 Å². The van der Waals surface area contributed by atoms with Gasteiger partial charge in [0, 0.05) is 18.9 Å². The molecular weight excluding hydrogens is 682 g/mol. The summed E-state index contributed by atoms with van der Waals surface area (Å²) in [5, 5.41) is 15.8. The van der Waals surface area contributed by atoms with Crippen LogP contribution in [-0.2, 0) is 36.7 Å². The third-order valence-corrected chi connectivity index (χ3v) is 8.63. The van der Waals surface area contributed by atoms with Gasteiger partial charge in [-0.15, -0.1) is 0 Å². The smallest absolute Gasteiger partial charge is 0.408 e. The number of carbonyl (C=O) groups is 4. The van der Waals surface area contributed by atoms with Crippen molar-refractivity contribution in [2.45, 2.75) is 137 Å². The molecule has 3 aromatic rings. The first-order chi connectivity index (χ1) is 25.1. The van der Waals surface area contributed by atoms with Crippen LogP contribution >= 0.6 is 0 Å². The van der Waals surface area contributed by atoms with Crippen molar-refractivity contribution >= 4 is 23.9 Å². The lowest BCUT2D eigenvalue weighted by atomic mass is 9.94. The number of rotatable bonds is 15. The topological polar surface area (TPSA) is 134 Å². The minimum atomic E-state index is -1.19. The lowest BCUT2D eigenvalue weighted by Crippen LogP contribution is -2.57. The van der Waals surface area contributed by atoms with Crippen LogP contribution in [0.1, 0.15) is 109 Å². The van der Waals surface area contributed by atoms with Crippen LogP contribution in [0.4, 0.5) is 4.79 Å². The number of alkyl carbamates (subject to hydrolysis) is 1. The fraction of sp³-hybridized carbons (Fsp3) is 0.500. The minimum absolute atomic E-state index is 0.0570. The normalized spacial score (nSPS) is 14.0. The van der Waals surface area contributed by atoms with Gasteiger partial charge < -0.3 is 30.1 Å². The zero-order valence-electron chi connectivity index (χ0n) is 34.0. The number of benzene rings is 3. The Bertz CT molecular complexity index is 1690. The molecule has 0 saturated carbocycles. The number of esters is 1. The van der Waals surface area contributed by atoms with Gasteiger partial charge in [0.25, 0.3) is 0 Å². The predicted octanol–water partition coefficient (Wildman–Crippen LogP) is 7.91. The van der Waals surface area contributed by atoms with Crippen LogP contribution in [0, 0.1) is 19.8 Å². The van der Waals surface area contributed by atoms with Gasteiger partial charge >= 0.3 is 12.1 Å². The molecule has 0 spiro atoms. The van der Waals surface area contributed by atoms with Crippen molar-refractivity contribution < 1.29 is 33.8 Å². The Labute approximate surface area is 322 Å². The summed E-state index contributed by atoms with van der Waals surface area (Å²) in [6, 6.07) is 17.6. The van der Waals surface area contributed by atoms with Crippen LogP contribution in [0.3, 0.4) is 0 Å². The molecule has 3 rings (SSSR count). The van der Waals surface area contributed by atoms with Gasteiger partial charge in [-0.25, -0.2) is 9.59 Å². The lowest BCUT2D eigenvalue weighted by Gasteiger charge is -2.39. The Hall–Kier alpha value is -4.86. The van der Waals surface area contributed by atoms with Crippen molar-refractivity contribution in [1.82, 2.24) is 15.5 Å². The molecule has 10 nitrogen and oxygen atoms in total. The van der Waals surface area contributed by atoms with Crippen LogP contribution < -0.4 is 10.6 Å². The van der Waals surface area contributed by atoms with E-state index in [9.17, 15) is 14.7 Å². The molecule has 0 fully saturated rings. The number of ether oxygens (including phenoxy) is 2. The van der Waals surface area contributed by atoms with E-state index in [4.69, 9.17) is 9.47 Å². The van der Waals surface area contributed by atoms with E-state index in [0.717, 1.165) is 23.1 Å². The maximum absolute atomic E-state index is 15.2. The molecule has 0 aliphatic heterocycles. The quantitative estimate of drug-likeness (QED) is 0.135. The Morgan fingerprint density at radius 2 is 1.24 bits per heavy atom. The van der Waals surface area contributed by atoms with Gasteiger partial charge in [0.2, 0.25) is 11.8 Å². The van der Waals surface area contributed by atoms with Gasteiger partial charge in [0.05, 0.1) is 0 Å². The highest BCUT2D eigenvalue weighted by atomic mass is 16.6. The third-order valence-electron chi connectivity index (χ3n) is 8.63. The molecule has 0 aromatic heterocycles. The largest absolute Gasteiger partial charge is 0.508 e. The number of hydrogen-bond acceptors (Lipinski definition) is 7. The van der Waals surface area contributed by atoms with E-state index >= 15 is 9.59 Å². The molecule has 54 heavy (non-hydrogen) atoms. The average Bonchev–Trinajstić information content (AvgIpc) is 3.04. The van der Waals surface area contributed by atoms with Crippen molar-refractivity contribution in [2.75, 3.05) is 0 Å². The molecule has 4 unspecified atom stereocenters. The monoisotopic (exact) mass is 743 g/mol. The molecule has 0 radical (unpaired) electrons. The molecule has 4 atom stereocenters. The fourth-order valence-corrected chi connectivity index (χ4v) is 6.28. The van der Waals surface area contributed by atoms with Gasteiger partial charge in [-0.2, -0.15) is 0 Å². The third kappa shape index (κ3) is 14.2. The second-order valence-electron chi connectivity index (χ2n) is 16.7. The van der Waals surface area contributed by atoms with Gasteiger partial charge in [-0.05, 0) is 110 Å². The zero-order valence-corrected chi connectivity index (χ0v) is 34.0. The Morgan fingerprint density at radius 1 is 0.704 bits per heavy atom. The molecule has 3 amide bonds. The van der Waals surface area contributed by atoms with Crippen molar-refractivity contribution in [3.05, 3.63) is 101 Å². The molecule has 10 heteroatoms. The summed E-state index contributed by atoms with van der Waals surface area (Å²) in [6.45, 7) is 20.5. The average molecular weight is 744 g/mol. The van der Waals surface area contributed by atoms with Crippen LogP contribution in [-0.4, -0.2) is 63.2 Å². The number of aryl methyl sites for hydroxylation is 2. The number of nitrogens with one attached hydrogen (secondary N) is 2. The minimum Gasteiger partial charge on any atom is -0.508 e. The summed E-state index contributed by atoms with van der Waals surface area (Å²) >= 11 is 0. The molecule has 3 N–H and O–H groups in total. The van der Waals surface area contributed by atoms with Crippen molar-refractivity contribution in [1.29, 1.82) is 0 Å². The van der Waals surface area contributed by atoms with Crippen LogP contribution in [0.25, 0.3) is 0 Å². The van der Waals surface area contributed by atoms with Crippen LogP contribution in [0.2, 0.25) is 0 Å². The number of carbonyl (C=O) groups excluding carboxylic acids is 4. The van der Waals surface area contributed by atoms with E-state index in [-0.39, 0.29) is 18.6 Å². The first-order valence-electron chi connectivity index (χ1n) is 18.9. The zero-order chi connectivity index (χ0) is 40.4. The SMILES string of the molecule is Cc1cc(C)cc(C(C(=O)NC(Cc2ccccc2)C(=O)OC(C)(C)C)N(C(=O)C(Cc2ccc(O)cc2)NC(=O)OC(C)(C)C)C(C)CCC(C)C)c1. The molecular formula is C44H61N3O7. The number of aromatic hydroxyl groups is 1. The molecule has 294 valence electrons. The molecule has 0 aliphatic rings. The Balaban J connectivity index is 2.22. The second-order valence-corrected chi connectivity index (χ2v) is 16.7. The first-order valence-corrected chi connectivity index (χ1v) is 18.9. The number of phenols is 1. The first kappa shape index (κ1) is 43.5. The predicted molar refractivity (Wildman–Crippen MR) is 212 cm³/mol. The van der Waals surface area contributed by atoms with E-state index in [1.54, 1.807) is 58.6 Å². The maximum atomic E-state index is 15.2. The number of phenolic OH excluding ortho intramolecular Hbond substituents is 1. The summed E-state index contributed by atoms with van der Waals surface area (Å²) in [6.07, 6.45) is 0.775. The fourth-order valence-electron chi connectivity index (χ4n) is 6.28. The summed E-state index contributed by atoms with van der Waals surface area (Å²) in [5.41, 5.74) is 2.21. The van der Waals surface area contributed by atoms with Gasteiger partial charge in [0.1, 0.15) is 35.1 Å². The molecule has 3 aromatic carbocycles. The van der Waals surface area contributed by atoms with E-state index in [1.807, 2.05) is 69.3 Å². The van der Waals surface area contributed by atoms with E-state index in [1.165, 1.54) is 12.1 Å². The lowest BCUT2D eigenvalue weighted by molar-refractivity contribution is -0.159. The summed E-state index contributed by atoms with van der Waals surface area (Å²) < 4.78 is 11.4. The summed E-state index contributed by atoms with van der Waals surface area (Å²) in [7, 11) is 0.